The monoisotopic (exact) mass is 300 g/mol. The Kier molecular flexibility index (Phi) is 3.46. The van der Waals surface area contributed by atoms with Crippen LogP contribution in [0.2, 0.25) is 0 Å². The number of aryl methyl sites for hydroxylation is 1. The summed E-state index contributed by atoms with van der Waals surface area (Å²) in [5, 5.41) is 4.82. The highest BCUT2D eigenvalue weighted by Crippen LogP contribution is 2.37. The number of ether oxygens (including phenoxy) is 2. The molecule has 0 amide bonds. The maximum absolute atomic E-state index is 6.17. The zero-order valence-corrected chi connectivity index (χ0v) is 12.5. The predicted molar refractivity (Wildman–Crippen MR) is 82.1 cm³/mol. The minimum absolute atomic E-state index is 0.355. The van der Waals surface area contributed by atoms with E-state index in [2.05, 4.69) is 9.67 Å². The third-order valence-electron chi connectivity index (χ3n) is 4.39. The summed E-state index contributed by atoms with van der Waals surface area (Å²) in [5.74, 6) is 2.06. The van der Waals surface area contributed by atoms with E-state index in [0.717, 1.165) is 56.9 Å². The van der Waals surface area contributed by atoms with Crippen molar-refractivity contribution in [2.24, 2.45) is 0 Å². The van der Waals surface area contributed by atoms with Gasteiger partial charge in [-0.3, -0.25) is 0 Å². The summed E-state index contributed by atoms with van der Waals surface area (Å²) >= 11 is 0. The van der Waals surface area contributed by atoms with E-state index in [1.54, 1.807) is 12.3 Å². The van der Waals surface area contributed by atoms with Crippen molar-refractivity contribution in [2.75, 3.05) is 18.9 Å². The van der Waals surface area contributed by atoms with Crippen molar-refractivity contribution in [3.8, 4) is 11.6 Å². The van der Waals surface area contributed by atoms with Crippen molar-refractivity contribution in [3.63, 3.8) is 0 Å². The molecule has 2 aliphatic rings. The van der Waals surface area contributed by atoms with E-state index in [1.807, 2.05) is 6.07 Å². The Balaban J connectivity index is 1.70. The molecular weight excluding hydrogens is 280 g/mol. The van der Waals surface area contributed by atoms with Crippen LogP contribution in [0.25, 0.3) is 0 Å². The van der Waals surface area contributed by atoms with Crippen LogP contribution in [0, 0.1) is 0 Å². The quantitative estimate of drug-likeness (QED) is 0.942. The maximum atomic E-state index is 6.17. The number of pyridine rings is 1. The Morgan fingerprint density at radius 1 is 1.27 bits per heavy atom. The summed E-state index contributed by atoms with van der Waals surface area (Å²) in [6.07, 6.45) is 6.86. The van der Waals surface area contributed by atoms with Crippen molar-refractivity contribution in [1.82, 2.24) is 14.8 Å². The molecule has 4 rings (SSSR count). The molecule has 0 bridgehead atoms. The zero-order chi connectivity index (χ0) is 14.9. The van der Waals surface area contributed by atoms with Crippen molar-refractivity contribution in [1.29, 1.82) is 0 Å². The molecule has 1 saturated heterocycles. The van der Waals surface area contributed by atoms with Gasteiger partial charge < -0.3 is 15.2 Å². The molecule has 6 heteroatoms. The van der Waals surface area contributed by atoms with E-state index in [0.29, 0.717) is 11.9 Å². The summed E-state index contributed by atoms with van der Waals surface area (Å²) < 4.78 is 13.7. The summed E-state index contributed by atoms with van der Waals surface area (Å²) in [5.41, 5.74) is 8.19. The highest BCUT2D eigenvalue weighted by molar-refractivity contribution is 5.42. The first-order chi connectivity index (χ1) is 10.8. The van der Waals surface area contributed by atoms with Gasteiger partial charge >= 0.3 is 0 Å². The normalized spacial score (nSPS) is 18.4. The van der Waals surface area contributed by atoms with Crippen molar-refractivity contribution in [3.05, 3.63) is 29.6 Å². The summed E-state index contributed by atoms with van der Waals surface area (Å²) in [6, 6.07) is 3.94. The van der Waals surface area contributed by atoms with Crippen LogP contribution in [0.4, 0.5) is 5.82 Å². The predicted octanol–water partition coefficient (Wildman–Crippen LogP) is 2.49. The third kappa shape index (κ3) is 2.43. The van der Waals surface area contributed by atoms with Crippen LogP contribution >= 0.6 is 0 Å². The van der Waals surface area contributed by atoms with Crippen LogP contribution in [0.15, 0.2) is 18.3 Å². The molecule has 2 aromatic heterocycles. The molecule has 22 heavy (non-hydrogen) atoms. The number of rotatable bonds is 3. The van der Waals surface area contributed by atoms with E-state index >= 15 is 0 Å². The lowest BCUT2D eigenvalue weighted by molar-refractivity contribution is 0.0641. The Morgan fingerprint density at radius 2 is 2.14 bits per heavy atom. The SMILES string of the molecule is Nc1cc(Oc2c3c(nn2C2CCOCC2)CCC3)ccn1. The van der Waals surface area contributed by atoms with E-state index in [1.165, 1.54) is 11.3 Å². The van der Waals surface area contributed by atoms with Gasteiger partial charge in [0.05, 0.1) is 11.7 Å². The van der Waals surface area contributed by atoms with Gasteiger partial charge in [0.2, 0.25) is 5.88 Å². The summed E-state index contributed by atoms with van der Waals surface area (Å²) in [6.45, 7) is 1.58. The largest absolute Gasteiger partial charge is 0.439 e. The van der Waals surface area contributed by atoms with Crippen LogP contribution in [0.3, 0.4) is 0 Å². The first kappa shape index (κ1) is 13.6. The number of aromatic nitrogens is 3. The van der Waals surface area contributed by atoms with E-state index in [9.17, 15) is 0 Å². The van der Waals surface area contributed by atoms with Gasteiger partial charge in [-0.1, -0.05) is 0 Å². The molecule has 1 aliphatic heterocycles. The molecule has 2 aromatic rings. The number of hydrogen-bond donors (Lipinski definition) is 1. The number of nitrogen functional groups attached to an aromatic ring is 1. The fraction of sp³-hybridized carbons (Fsp3) is 0.500. The lowest BCUT2D eigenvalue weighted by Gasteiger charge is -2.24. The molecule has 0 atom stereocenters. The molecule has 0 spiro atoms. The van der Waals surface area contributed by atoms with Gasteiger partial charge in [0.15, 0.2) is 0 Å². The third-order valence-corrected chi connectivity index (χ3v) is 4.39. The smallest absolute Gasteiger partial charge is 0.221 e. The molecule has 1 aliphatic carbocycles. The van der Waals surface area contributed by atoms with E-state index < -0.39 is 0 Å². The number of nitrogens with two attached hydrogens (primary N) is 1. The van der Waals surface area contributed by atoms with Crippen molar-refractivity contribution >= 4 is 5.82 Å². The number of fused-ring (bicyclic) bond motifs is 1. The molecule has 0 radical (unpaired) electrons. The average Bonchev–Trinajstić information content (AvgIpc) is 3.11. The maximum Gasteiger partial charge on any atom is 0.221 e. The van der Waals surface area contributed by atoms with E-state index in [4.69, 9.17) is 20.3 Å². The average molecular weight is 300 g/mol. The first-order valence-electron chi connectivity index (χ1n) is 7.88. The van der Waals surface area contributed by atoms with Gasteiger partial charge in [-0.05, 0) is 38.2 Å². The minimum Gasteiger partial charge on any atom is -0.439 e. The molecule has 2 N–H and O–H groups in total. The molecule has 1 fully saturated rings. The fourth-order valence-electron chi connectivity index (χ4n) is 3.27. The van der Waals surface area contributed by atoms with Crippen molar-refractivity contribution in [2.45, 2.75) is 38.1 Å². The number of anilines is 1. The van der Waals surface area contributed by atoms with Gasteiger partial charge in [-0.15, -0.1) is 0 Å². The Labute approximate surface area is 129 Å². The highest BCUT2D eigenvalue weighted by atomic mass is 16.5. The Morgan fingerprint density at radius 3 is 2.95 bits per heavy atom. The van der Waals surface area contributed by atoms with Crippen LogP contribution in [0.1, 0.15) is 36.6 Å². The molecule has 116 valence electrons. The molecular formula is C16H20N4O2. The first-order valence-corrected chi connectivity index (χ1v) is 7.88. The lowest BCUT2D eigenvalue weighted by Crippen LogP contribution is -2.21. The topological polar surface area (TPSA) is 75.2 Å². The van der Waals surface area contributed by atoms with Crippen LogP contribution < -0.4 is 10.5 Å². The standard InChI is InChI=1S/C16H20N4O2/c17-15-10-12(4-7-18-15)22-16-13-2-1-3-14(13)19-20(16)11-5-8-21-9-6-11/h4,7,10-11H,1-3,5-6,8-9H2,(H2,17,18). The molecule has 0 unspecified atom stereocenters. The summed E-state index contributed by atoms with van der Waals surface area (Å²) in [4.78, 5) is 4.01. The van der Waals surface area contributed by atoms with E-state index in [-0.39, 0.29) is 0 Å². The molecule has 0 aromatic carbocycles. The lowest BCUT2D eigenvalue weighted by atomic mass is 10.1. The second kappa shape index (κ2) is 5.61. The Hall–Kier alpha value is -2.08. The number of nitrogens with zero attached hydrogens (tertiary/aromatic N) is 3. The molecule has 0 saturated carbocycles. The van der Waals surface area contributed by atoms with Gasteiger partial charge in [0.1, 0.15) is 11.6 Å². The van der Waals surface area contributed by atoms with Gasteiger partial charge in [0.25, 0.3) is 0 Å². The van der Waals surface area contributed by atoms with Crippen LogP contribution in [-0.2, 0) is 17.6 Å². The van der Waals surface area contributed by atoms with Gasteiger partial charge in [-0.25, -0.2) is 9.67 Å². The van der Waals surface area contributed by atoms with Gasteiger partial charge in [0, 0.05) is 31.0 Å². The minimum atomic E-state index is 0.355. The van der Waals surface area contributed by atoms with Gasteiger partial charge in [-0.2, -0.15) is 5.10 Å². The second-order valence-electron chi connectivity index (χ2n) is 5.89. The number of hydrogen-bond acceptors (Lipinski definition) is 5. The Bertz CT molecular complexity index is 677. The van der Waals surface area contributed by atoms with Crippen molar-refractivity contribution < 1.29 is 9.47 Å². The highest BCUT2D eigenvalue weighted by Gasteiger charge is 2.28. The second-order valence-corrected chi connectivity index (χ2v) is 5.89. The fourth-order valence-corrected chi connectivity index (χ4v) is 3.27. The zero-order valence-electron chi connectivity index (χ0n) is 12.5. The van der Waals surface area contributed by atoms with Crippen LogP contribution in [0.5, 0.6) is 11.6 Å². The molecule has 6 nitrogen and oxygen atoms in total. The molecule has 3 heterocycles. The van der Waals surface area contributed by atoms with Crippen LogP contribution in [-0.4, -0.2) is 28.0 Å². The summed E-state index contributed by atoms with van der Waals surface area (Å²) in [7, 11) is 0.